The van der Waals surface area contributed by atoms with Crippen LogP contribution in [0.5, 0.6) is 0 Å². The summed E-state index contributed by atoms with van der Waals surface area (Å²) in [4.78, 5) is 24.3. The molecule has 22 heavy (non-hydrogen) atoms. The summed E-state index contributed by atoms with van der Waals surface area (Å²) >= 11 is 0. The molecule has 0 amide bonds. The number of benzene rings is 2. The molecule has 3 rings (SSSR count). The van der Waals surface area contributed by atoms with Gasteiger partial charge in [-0.1, -0.05) is 54.1 Å². The molecule has 1 unspecified atom stereocenters. The molecule has 0 bridgehead atoms. The van der Waals surface area contributed by atoms with E-state index in [0.29, 0.717) is 6.42 Å². The second-order valence-corrected chi connectivity index (χ2v) is 5.89. The number of hydrogen-bond acceptors (Lipinski definition) is 2. The van der Waals surface area contributed by atoms with Crippen LogP contribution in [-0.2, 0) is 4.79 Å². The van der Waals surface area contributed by atoms with Gasteiger partial charge in [-0.25, -0.2) is 0 Å². The van der Waals surface area contributed by atoms with E-state index in [1.165, 1.54) is 5.56 Å². The molecule has 110 valence electrons. The van der Waals surface area contributed by atoms with Crippen molar-refractivity contribution < 1.29 is 9.59 Å². The lowest BCUT2D eigenvalue weighted by atomic mass is 9.91. The minimum Gasteiger partial charge on any atom is -0.300 e. The molecule has 0 spiro atoms. The Balaban J connectivity index is 2.07. The average molecular weight is 290 g/mol. The smallest absolute Gasteiger partial charge is 0.189 e. The van der Waals surface area contributed by atoms with Crippen LogP contribution >= 0.6 is 0 Å². The summed E-state index contributed by atoms with van der Waals surface area (Å²) in [5, 5.41) is 0. The van der Waals surface area contributed by atoms with Crippen LogP contribution in [0.2, 0.25) is 0 Å². The number of ketones is 2. The molecule has 2 nitrogen and oxygen atoms in total. The zero-order valence-electron chi connectivity index (χ0n) is 12.8. The van der Waals surface area contributed by atoms with Crippen molar-refractivity contribution in [2.45, 2.75) is 26.2 Å². The SMILES string of the molecule is CC(=O)CC1/C(=C/c2ccc(C)cc2)C(=O)c2ccccc21. The summed E-state index contributed by atoms with van der Waals surface area (Å²) < 4.78 is 0. The van der Waals surface area contributed by atoms with Crippen LogP contribution in [-0.4, -0.2) is 11.6 Å². The highest BCUT2D eigenvalue weighted by atomic mass is 16.1. The van der Waals surface area contributed by atoms with Crippen molar-refractivity contribution in [2.24, 2.45) is 0 Å². The van der Waals surface area contributed by atoms with E-state index < -0.39 is 0 Å². The maximum atomic E-state index is 12.7. The van der Waals surface area contributed by atoms with Gasteiger partial charge in [0.2, 0.25) is 0 Å². The monoisotopic (exact) mass is 290 g/mol. The number of aryl methyl sites for hydroxylation is 1. The molecule has 0 saturated heterocycles. The minimum absolute atomic E-state index is 0.0439. The summed E-state index contributed by atoms with van der Waals surface area (Å²) in [5.41, 5.74) is 4.60. The van der Waals surface area contributed by atoms with Gasteiger partial charge in [-0.2, -0.15) is 0 Å². The van der Waals surface area contributed by atoms with Gasteiger partial charge in [-0.3, -0.25) is 9.59 Å². The van der Waals surface area contributed by atoms with Crippen molar-refractivity contribution in [1.29, 1.82) is 0 Å². The molecular formula is C20H18O2. The largest absolute Gasteiger partial charge is 0.300 e. The van der Waals surface area contributed by atoms with E-state index in [1.807, 2.05) is 61.5 Å². The molecule has 0 aliphatic heterocycles. The lowest BCUT2D eigenvalue weighted by Gasteiger charge is -2.11. The van der Waals surface area contributed by atoms with Gasteiger partial charge < -0.3 is 0 Å². The molecule has 0 heterocycles. The predicted octanol–water partition coefficient (Wildman–Crippen LogP) is 4.34. The number of carbonyl (C=O) groups excluding carboxylic acids is 2. The topological polar surface area (TPSA) is 34.1 Å². The Morgan fingerprint density at radius 2 is 1.77 bits per heavy atom. The fraction of sp³-hybridized carbons (Fsp3) is 0.200. The normalized spacial score (nSPS) is 18.5. The van der Waals surface area contributed by atoms with E-state index >= 15 is 0 Å². The van der Waals surface area contributed by atoms with E-state index in [1.54, 1.807) is 6.92 Å². The van der Waals surface area contributed by atoms with Crippen molar-refractivity contribution in [3.05, 3.63) is 76.4 Å². The maximum Gasteiger partial charge on any atom is 0.189 e. The molecule has 0 aromatic heterocycles. The van der Waals surface area contributed by atoms with Crippen molar-refractivity contribution in [2.75, 3.05) is 0 Å². The molecule has 0 saturated carbocycles. The molecule has 1 atom stereocenters. The number of carbonyl (C=O) groups is 2. The quantitative estimate of drug-likeness (QED) is 0.788. The Morgan fingerprint density at radius 3 is 2.45 bits per heavy atom. The number of fused-ring (bicyclic) bond motifs is 1. The van der Waals surface area contributed by atoms with Crippen LogP contribution in [0.25, 0.3) is 6.08 Å². The van der Waals surface area contributed by atoms with Crippen LogP contribution in [0.4, 0.5) is 0 Å². The Morgan fingerprint density at radius 1 is 1.09 bits per heavy atom. The van der Waals surface area contributed by atoms with E-state index in [-0.39, 0.29) is 17.5 Å². The summed E-state index contributed by atoms with van der Waals surface area (Å²) in [6, 6.07) is 15.7. The molecule has 2 aromatic rings. The fourth-order valence-corrected chi connectivity index (χ4v) is 3.00. The third-order valence-corrected chi connectivity index (χ3v) is 4.11. The van der Waals surface area contributed by atoms with Crippen molar-refractivity contribution in [1.82, 2.24) is 0 Å². The lowest BCUT2D eigenvalue weighted by Crippen LogP contribution is -2.05. The van der Waals surface area contributed by atoms with E-state index in [0.717, 1.165) is 22.3 Å². The highest BCUT2D eigenvalue weighted by molar-refractivity contribution is 6.17. The van der Waals surface area contributed by atoms with Crippen molar-refractivity contribution in [3.63, 3.8) is 0 Å². The van der Waals surface area contributed by atoms with E-state index in [2.05, 4.69) is 0 Å². The highest BCUT2D eigenvalue weighted by Gasteiger charge is 2.34. The van der Waals surface area contributed by atoms with Crippen LogP contribution in [0.1, 0.15) is 46.3 Å². The van der Waals surface area contributed by atoms with Crippen LogP contribution in [0.3, 0.4) is 0 Å². The first-order chi connectivity index (χ1) is 10.6. The summed E-state index contributed by atoms with van der Waals surface area (Å²) in [7, 11) is 0. The third kappa shape index (κ3) is 2.64. The van der Waals surface area contributed by atoms with Gasteiger partial charge in [0.05, 0.1) is 0 Å². The third-order valence-electron chi connectivity index (χ3n) is 4.11. The van der Waals surface area contributed by atoms with Gasteiger partial charge in [0.25, 0.3) is 0 Å². The van der Waals surface area contributed by atoms with Crippen LogP contribution in [0, 0.1) is 6.92 Å². The zero-order chi connectivity index (χ0) is 15.7. The maximum absolute atomic E-state index is 12.7. The molecule has 0 fully saturated rings. The minimum atomic E-state index is -0.123. The van der Waals surface area contributed by atoms with Gasteiger partial charge in [0.15, 0.2) is 5.78 Å². The van der Waals surface area contributed by atoms with Gasteiger partial charge in [0, 0.05) is 23.5 Å². The summed E-state index contributed by atoms with van der Waals surface area (Å²) in [6.07, 6.45) is 2.30. The Labute approximate surface area is 130 Å². The fourth-order valence-electron chi connectivity index (χ4n) is 3.00. The number of Topliss-reactive ketones (excluding diaryl/α,β-unsaturated/α-hetero) is 2. The first kappa shape index (κ1) is 14.5. The van der Waals surface area contributed by atoms with Crippen LogP contribution < -0.4 is 0 Å². The second-order valence-electron chi connectivity index (χ2n) is 5.89. The lowest BCUT2D eigenvalue weighted by molar-refractivity contribution is -0.117. The van der Waals surface area contributed by atoms with Crippen molar-refractivity contribution >= 4 is 17.6 Å². The standard InChI is InChI=1S/C20H18O2/c1-13-7-9-15(10-8-13)12-19-18(11-14(2)21)16-5-3-4-6-17(16)20(19)22/h3-10,12,18H,11H2,1-2H3/b19-12-. The molecule has 1 aliphatic rings. The summed E-state index contributed by atoms with van der Waals surface area (Å²) in [5.74, 6) is 0.0224. The van der Waals surface area contributed by atoms with E-state index in [9.17, 15) is 9.59 Å². The first-order valence-electron chi connectivity index (χ1n) is 7.47. The number of hydrogen-bond donors (Lipinski definition) is 0. The Bertz CT molecular complexity index is 767. The Kier molecular flexibility index (Phi) is 3.76. The van der Waals surface area contributed by atoms with Crippen LogP contribution in [0.15, 0.2) is 54.1 Å². The molecule has 0 N–H and O–H groups in total. The second kappa shape index (κ2) is 5.72. The first-order valence-corrected chi connectivity index (χ1v) is 7.47. The molecule has 0 radical (unpaired) electrons. The van der Waals surface area contributed by atoms with Crippen molar-refractivity contribution in [3.8, 4) is 0 Å². The van der Waals surface area contributed by atoms with Gasteiger partial charge in [-0.05, 0) is 31.1 Å². The summed E-state index contributed by atoms with van der Waals surface area (Å²) in [6.45, 7) is 3.61. The number of allylic oxidation sites excluding steroid dienone is 1. The van der Waals surface area contributed by atoms with Gasteiger partial charge in [0.1, 0.15) is 5.78 Å². The zero-order valence-corrected chi connectivity index (χ0v) is 12.8. The molecular weight excluding hydrogens is 272 g/mol. The Hall–Kier alpha value is -2.48. The molecule has 2 aromatic carbocycles. The molecule has 1 aliphatic carbocycles. The average Bonchev–Trinajstić information content (AvgIpc) is 2.75. The van der Waals surface area contributed by atoms with E-state index in [4.69, 9.17) is 0 Å². The molecule has 2 heteroatoms. The predicted molar refractivity (Wildman–Crippen MR) is 88.0 cm³/mol. The number of rotatable bonds is 3. The van der Waals surface area contributed by atoms with Gasteiger partial charge in [-0.15, -0.1) is 0 Å². The van der Waals surface area contributed by atoms with Gasteiger partial charge >= 0.3 is 0 Å². The highest BCUT2D eigenvalue weighted by Crippen LogP contribution is 2.40.